The van der Waals surface area contributed by atoms with Gasteiger partial charge in [-0.1, -0.05) is 192 Å². The Morgan fingerprint density at radius 1 is 0.543 bits per heavy atom. The molecule has 0 bridgehead atoms. The maximum atomic E-state index is 12.3. The number of hydrogen-bond acceptors (Lipinski definition) is 4. The number of amides is 1. The minimum absolute atomic E-state index is 0.00845. The molecule has 0 spiro atoms. The molecule has 3 atom stereocenters. The Morgan fingerprint density at radius 2 is 0.935 bits per heavy atom. The highest BCUT2D eigenvalue weighted by Gasteiger charge is 2.20. The van der Waals surface area contributed by atoms with E-state index in [4.69, 9.17) is 0 Å². The van der Waals surface area contributed by atoms with Crippen LogP contribution in [0, 0.1) is 0 Å². The SMILES string of the molecule is CCCCCCCCCCCCCCCCC/C=C/CC/C=C/C(O)C(CO)NC(=O)CC(O)CCCCCCCCCCCC. The lowest BCUT2D eigenvalue weighted by Crippen LogP contribution is -2.45. The summed E-state index contributed by atoms with van der Waals surface area (Å²) < 4.78 is 0. The van der Waals surface area contributed by atoms with E-state index in [2.05, 4.69) is 31.3 Å². The standard InChI is InChI=1S/C41H79NO4/c1-3-5-7-9-11-13-15-16-17-18-19-20-21-22-23-24-25-27-29-31-33-35-40(45)39(37-43)42-41(46)36-38(44)34-32-30-28-26-14-12-10-8-6-4-2/h25,27,33,35,38-40,43-45H,3-24,26,28-32,34,36-37H2,1-2H3,(H,42,46)/b27-25+,35-33+. The van der Waals surface area contributed by atoms with E-state index in [0.717, 1.165) is 32.1 Å². The lowest BCUT2D eigenvalue weighted by molar-refractivity contribution is -0.124. The molecule has 1 amide bonds. The van der Waals surface area contributed by atoms with E-state index in [-0.39, 0.29) is 18.9 Å². The van der Waals surface area contributed by atoms with Crippen molar-refractivity contribution in [3.8, 4) is 0 Å². The van der Waals surface area contributed by atoms with E-state index in [0.29, 0.717) is 6.42 Å². The van der Waals surface area contributed by atoms with Crippen molar-refractivity contribution >= 4 is 5.91 Å². The summed E-state index contributed by atoms with van der Waals surface area (Å²) in [5.74, 6) is -0.326. The molecule has 46 heavy (non-hydrogen) atoms. The summed E-state index contributed by atoms with van der Waals surface area (Å²) in [4.78, 5) is 12.3. The summed E-state index contributed by atoms with van der Waals surface area (Å²) in [6.07, 6.45) is 43.2. The molecule has 0 aliphatic heterocycles. The van der Waals surface area contributed by atoms with Crippen molar-refractivity contribution in [1.29, 1.82) is 0 Å². The van der Waals surface area contributed by atoms with E-state index in [9.17, 15) is 20.1 Å². The molecular formula is C41H79NO4. The van der Waals surface area contributed by atoms with Gasteiger partial charge in [0.25, 0.3) is 0 Å². The van der Waals surface area contributed by atoms with Crippen LogP contribution in [-0.4, -0.2) is 46.1 Å². The van der Waals surface area contributed by atoms with Crippen LogP contribution < -0.4 is 5.32 Å². The Bertz CT molecular complexity index is 679. The molecule has 5 heteroatoms. The predicted molar refractivity (Wildman–Crippen MR) is 199 cm³/mol. The molecule has 0 aromatic heterocycles. The van der Waals surface area contributed by atoms with E-state index in [1.54, 1.807) is 6.08 Å². The minimum atomic E-state index is -0.947. The molecular weight excluding hydrogens is 570 g/mol. The van der Waals surface area contributed by atoms with Gasteiger partial charge in [0, 0.05) is 0 Å². The third-order valence-electron chi connectivity index (χ3n) is 9.24. The average molecular weight is 650 g/mol. The number of carbonyl (C=O) groups is 1. The number of aliphatic hydroxyl groups excluding tert-OH is 3. The van der Waals surface area contributed by atoms with Gasteiger partial charge in [-0.25, -0.2) is 0 Å². The quantitative estimate of drug-likeness (QED) is 0.0401. The van der Waals surface area contributed by atoms with E-state index in [1.807, 2.05) is 6.08 Å². The third kappa shape index (κ3) is 32.8. The lowest BCUT2D eigenvalue weighted by atomic mass is 10.0. The highest BCUT2D eigenvalue weighted by Crippen LogP contribution is 2.15. The minimum Gasteiger partial charge on any atom is -0.394 e. The highest BCUT2D eigenvalue weighted by atomic mass is 16.3. The van der Waals surface area contributed by atoms with Gasteiger partial charge in [0.15, 0.2) is 0 Å². The van der Waals surface area contributed by atoms with Crippen LogP contribution in [-0.2, 0) is 4.79 Å². The molecule has 0 saturated heterocycles. The van der Waals surface area contributed by atoms with Crippen LogP contribution >= 0.6 is 0 Å². The second-order valence-electron chi connectivity index (χ2n) is 13.9. The molecule has 0 saturated carbocycles. The smallest absolute Gasteiger partial charge is 0.222 e. The molecule has 0 aromatic rings. The van der Waals surface area contributed by atoms with Crippen LogP contribution in [0.3, 0.4) is 0 Å². The van der Waals surface area contributed by atoms with Crippen molar-refractivity contribution in [3.05, 3.63) is 24.3 Å². The Morgan fingerprint density at radius 3 is 1.39 bits per heavy atom. The van der Waals surface area contributed by atoms with E-state index >= 15 is 0 Å². The molecule has 0 aromatic carbocycles. The van der Waals surface area contributed by atoms with Crippen LogP contribution in [0.15, 0.2) is 24.3 Å². The topological polar surface area (TPSA) is 89.8 Å². The third-order valence-corrected chi connectivity index (χ3v) is 9.24. The van der Waals surface area contributed by atoms with Crippen molar-refractivity contribution in [1.82, 2.24) is 5.32 Å². The van der Waals surface area contributed by atoms with Crippen molar-refractivity contribution in [2.24, 2.45) is 0 Å². The zero-order valence-electron chi connectivity index (χ0n) is 30.7. The first kappa shape index (κ1) is 44.8. The number of allylic oxidation sites excluding steroid dienone is 3. The molecule has 0 rings (SSSR count). The second-order valence-corrected chi connectivity index (χ2v) is 13.9. The number of nitrogens with one attached hydrogen (secondary N) is 1. The molecule has 0 fully saturated rings. The fourth-order valence-corrected chi connectivity index (χ4v) is 6.12. The van der Waals surface area contributed by atoms with Gasteiger partial charge in [0.1, 0.15) is 0 Å². The normalized spacial score (nSPS) is 13.9. The van der Waals surface area contributed by atoms with Crippen molar-refractivity contribution < 1.29 is 20.1 Å². The first-order chi connectivity index (χ1) is 22.5. The van der Waals surface area contributed by atoms with Crippen LogP contribution in [0.4, 0.5) is 0 Å². The second kappa shape index (κ2) is 36.7. The average Bonchev–Trinajstić information content (AvgIpc) is 3.05. The molecule has 3 unspecified atom stereocenters. The number of rotatable bonds is 36. The van der Waals surface area contributed by atoms with Crippen molar-refractivity contribution in [3.63, 3.8) is 0 Å². The van der Waals surface area contributed by atoms with Crippen molar-refractivity contribution in [2.45, 2.75) is 225 Å². The van der Waals surface area contributed by atoms with Crippen molar-refractivity contribution in [2.75, 3.05) is 6.61 Å². The summed E-state index contributed by atoms with van der Waals surface area (Å²) in [6.45, 7) is 4.18. The van der Waals surface area contributed by atoms with Crippen LogP contribution in [0.5, 0.6) is 0 Å². The largest absolute Gasteiger partial charge is 0.394 e. The number of carbonyl (C=O) groups excluding carboxylic acids is 1. The maximum Gasteiger partial charge on any atom is 0.222 e. The highest BCUT2D eigenvalue weighted by molar-refractivity contribution is 5.76. The molecule has 0 radical (unpaired) electrons. The summed E-state index contributed by atoms with van der Waals surface area (Å²) in [5, 5.41) is 33.0. The number of hydrogen-bond donors (Lipinski definition) is 4. The first-order valence-electron chi connectivity index (χ1n) is 20.1. The van der Waals surface area contributed by atoms with Gasteiger partial charge in [-0.3, -0.25) is 4.79 Å². The maximum absolute atomic E-state index is 12.3. The molecule has 0 aliphatic carbocycles. The molecule has 4 N–H and O–H groups in total. The number of aliphatic hydroxyl groups is 3. The Labute approximate surface area is 286 Å². The monoisotopic (exact) mass is 650 g/mol. The van der Waals surface area contributed by atoms with Gasteiger partial charge in [0.05, 0.1) is 31.3 Å². The Hall–Kier alpha value is -1.17. The van der Waals surface area contributed by atoms with Gasteiger partial charge in [-0.15, -0.1) is 0 Å². The van der Waals surface area contributed by atoms with Crippen LogP contribution in [0.25, 0.3) is 0 Å². The zero-order chi connectivity index (χ0) is 33.8. The first-order valence-corrected chi connectivity index (χ1v) is 20.1. The van der Waals surface area contributed by atoms with E-state index < -0.39 is 18.2 Å². The van der Waals surface area contributed by atoms with Crippen LogP contribution in [0.2, 0.25) is 0 Å². The summed E-state index contributed by atoms with van der Waals surface area (Å²) in [7, 11) is 0. The van der Waals surface area contributed by atoms with Gasteiger partial charge < -0.3 is 20.6 Å². The molecule has 5 nitrogen and oxygen atoms in total. The van der Waals surface area contributed by atoms with E-state index in [1.165, 1.54) is 148 Å². The fraction of sp³-hybridized carbons (Fsp3) is 0.878. The number of unbranched alkanes of at least 4 members (excludes halogenated alkanes) is 25. The summed E-state index contributed by atoms with van der Waals surface area (Å²) in [5.41, 5.74) is 0. The fourth-order valence-electron chi connectivity index (χ4n) is 6.12. The summed E-state index contributed by atoms with van der Waals surface area (Å²) >= 11 is 0. The molecule has 0 aliphatic rings. The van der Waals surface area contributed by atoms with Gasteiger partial charge in [-0.2, -0.15) is 0 Å². The zero-order valence-corrected chi connectivity index (χ0v) is 30.7. The Balaban J connectivity index is 3.71. The lowest BCUT2D eigenvalue weighted by Gasteiger charge is -2.21. The summed E-state index contributed by atoms with van der Waals surface area (Å²) in [6, 6.07) is -0.756. The molecule has 272 valence electrons. The Kier molecular flexibility index (Phi) is 35.7. The van der Waals surface area contributed by atoms with Gasteiger partial charge >= 0.3 is 0 Å². The van der Waals surface area contributed by atoms with Gasteiger partial charge in [-0.05, 0) is 32.1 Å². The molecule has 0 heterocycles. The van der Waals surface area contributed by atoms with Gasteiger partial charge in [0.2, 0.25) is 5.91 Å². The predicted octanol–water partition coefficient (Wildman–Crippen LogP) is 11.0. The van der Waals surface area contributed by atoms with Crippen LogP contribution in [0.1, 0.15) is 206 Å².